The summed E-state index contributed by atoms with van der Waals surface area (Å²) in [5, 5.41) is 11.0. The van der Waals surface area contributed by atoms with Crippen molar-refractivity contribution < 1.29 is 9.84 Å². The molecule has 1 aliphatic heterocycles. The molecule has 0 bridgehead atoms. The zero-order chi connectivity index (χ0) is 14.0. The SMILES string of the molecule is Cc1ccc(-c2ccccc2C2(O)CCOCC2)cc1. The molecule has 1 saturated heterocycles. The van der Waals surface area contributed by atoms with Crippen LogP contribution in [-0.2, 0) is 10.3 Å². The Balaban J connectivity index is 2.06. The minimum absolute atomic E-state index is 0.624. The average Bonchev–Trinajstić information content (AvgIpc) is 2.49. The minimum atomic E-state index is -0.764. The van der Waals surface area contributed by atoms with Crippen LogP contribution in [0.3, 0.4) is 0 Å². The van der Waals surface area contributed by atoms with Crippen LogP contribution in [0, 0.1) is 6.92 Å². The molecule has 1 aliphatic rings. The lowest BCUT2D eigenvalue weighted by Crippen LogP contribution is -2.33. The molecule has 0 saturated carbocycles. The quantitative estimate of drug-likeness (QED) is 0.900. The molecule has 0 radical (unpaired) electrons. The van der Waals surface area contributed by atoms with Gasteiger partial charge >= 0.3 is 0 Å². The molecule has 0 aliphatic carbocycles. The molecule has 2 aromatic rings. The van der Waals surface area contributed by atoms with Gasteiger partial charge in [-0.25, -0.2) is 0 Å². The van der Waals surface area contributed by atoms with Crippen molar-refractivity contribution in [3.05, 3.63) is 59.7 Å². The summed E-state index contributed by atoms with van der Waals surface area (Å²) in [6.45, 7) is 3.33. The lowest BCUT2D eigenvalue weighted by molar-refractivity contribution is -0.0675. The van der Waals surface area contributed by atoms with Crippen molar-refractivity contribution in [1.29, 1.82) is 0 Å². The zero-order valence-corrected chi connectivity index (χ0v) is 11.8. The third-order valence-corrected chi connectivity index (χ3v) is 4.11. The number of ether oxygens (including phenoxy) is 1. The third kappa shape index (κ3) is 2.49. The maximum absolute atomic E-state index is 11.0. The summed E-state index contributed by atoms with van der Waals surface area (Å²) in [7, 11) is 0. The molecule has 104 valence electrons. The molecule has 20 heavy (non-hydrogen) atoms. The van der Waals surface area contributed by atoms with Crippen LogP contribution in [0.1, 0.15) is 24.0 Å². The van der Waals surface area contributed by atoms with Gasteiger partial charge in [0.05, 0.1) is 5.60 Å². The van der Waals surface area contributed by atoms with Crippen LogP contribution in [0.25, 0.3) is 11.1 Å². The second-order valence-electron chi connectivity index (χ2n) is 5.56. The average molecular weight is 268 g/mol. The van der Waals surface area contributed by atoms with E-state index in [-0.39, 0.29) is 0 Å². The van der Waals surface area contributed by atoms with Gasteiger partial charge in [0.1, 0.15) is 0 Å². The van der Waals surface area contributed by atoms with Crippen molar-refractivity contribution in [2.75, 3.05) is 13.2 Å². The van der Waals surface area contributed by atoms with Gasteiger partial charge in [-0.05, 0) is 23.6 Å². The molecular weight excluding hydrogens is 248 g/mol. The molecule has 2 aromatic carbocycles. The van der Waals surface area contributed by atoms with Crippen LogP contribution in [-0.4, -0.2) is 18.3 Å². The van der Waals surface area contributed by atoms with E-state index in [2.05, 4.69) is 37.3 Å². The first-order valence-corrected chi connectivity index (χ1v) is 7.16. The zero-order valence-electron chi connectivity index (χ0n) is 11.8. The number of rotatable bonds is 2. The molecule has 3 rings (SSSR count). The van der Waals surface area contributed by atoms with Gasteiger partial charge in [-0.15, -0.1) is 0 Å². The van der Waals surface area contributed by atoms with Crippen molar-refractivity contribution in [3.63, 3.8) is 0 Å². The molecule has 0 aromatic heterocycles. The van der Waals surface area contributed by atoms with Crippen LogP contribution in [0.4, 0.5) is 0 Å². The predicted octanol–water partition coefficient (Wildman–Crippen LogP) is 3.66. The minimum Gasteiger partial charge on any atom is -0.385 e. The van der Waals surface area contributed by atoms with Crippen molar-refractivity contribution >= 4 is 0 Å². The van der Waals surface area contributed by atoms with Gasteiger partial charge in [0, 0.05) is 26.1 Å². The highest BCUT2D eigenvalue weighted by Gasteiger charge is 2.33. The summed E-state index contributed by atoms with van der Waals surface area (Å²) in [4.78, 5) is 0. The van der Waals surface area contributed by atoms with E-state index in [4.69, 9.17) is 4.74 Å². The fraction of sp³-hybridized carbons (Fsp3) is 0.333. The summed E-state index contributed by atoms with van der Waals surface area (Å²) in [5.41, 5.74) is 3.78. The summed E-state index contributed by atoms with van der Waals surface area (Å²) in [6.07, 6.45) is 1.33. The highest BCUT2D eigenvalue weighted by Crippen LogP contribution is 2.38. The number of hydrogen-bond donors (Lipinski definition) is 1. The van der Waals surface area contributed by atoms with Crippen molar-refractivity contribution in [2.45, 2.75) is 25.4 Å². The molecular formula is C18H20O2. The lowest BCUT2D eigenvalue weighted by Gasteiger charge is -2.34. The predicted molar refractivity (Wildman–Crippen MR) is 80.6 cm³/mol. The maximum Gasteiger partial charge on any atom is 0.0946 e. The van der Waals surface area contributed by atoms with Crippen LogP contribution >= 0.6 is 0 Å². The Morgan fingerprint density at radius 1 is 0.950 bits per heavy atom. The molecule has 0 amide bonds. The van der Waals surface area contributed by atoms with E-state index in [1.807, 2.05) is 18.2 Å². The normalized spacial score (nSPS) is 17.9. The molecule has 2 heteroatoms. The van der Waals surface area contributed by atoms with Crippen LogP contribution in [0.15, 0.2) is 48.5 Å². The first kappa shape index (κ1) is 13.3. The summed E-state index contributed by atoms with van der Waals surface area (Å²) in [6, 6.07) is 16.6. The molecule has 0 unspecified atom stereocenters. The highest BCUT2D eigenvalue weighted by atomic mass is 16.5. The fourth-order valence-electron chi connectivity index (χ4n) is 2.85. The number of hydrogen-bond acceptors (Lipinski definition) is 2. The maximum atomic E-state index is 11.0. The van der Waals surface area contributed by atoms with Gasteiger partial charge in [-0.1, -0.05) is 54.1 Å². The molecule has 1 heterocycles. The Labute approximate surface area is 120 Å². The van der Waals surface area contributed by atoms with E-state index in [1.165, 1.54) is 5.56 Å². The first-order valence-electron chi connectivity index (χ1n) is 7.16. The molecule has 0 atom stereocenters. The number of aliphatic hydroxyl groups is 1. The summed E-state index contributed by atoms with van der Waals surface area (Å²) >= 11 is 0. The highest BCUT2D eigenvalue weighted by molar-refractivity contribution is 5.68. The van der Waals surface area contributed by atoms with E-state index < -0.39 is 5.60 Å². The smallest absolute Gasteiger partial charge is 0.0946 e. The Kier molecular flexibility index (Phi) is 3.60. The topological polar surface area (TPSA) is 29.5 Å². The lowest BCUT2D eigenvalue weighted by atomic mass is 9.82. The van der Waals surface area contributed by atoms with E-state index in [0.717, 1.165) is 16.7 Å². The van der Waals surface area contributed by atoms with Gasteiger partial charge in [0.2, 0.25) is 0 Å². The Morgan fingerprint density at radius 3 is 2.30 bits per heavy atom. The van der Waals surface area contributed by atoms with Crippen LogP contribution in [0.5, 0.6) is 0 Å². The van der Waals surface area contributed by atoms with Crippen molar-refractivity contribution in [1.82, 2.24) is 0 Å². The van der Waals surface area contributed by atoms with Gasteiger partial charge in [0.15, 0.2) is 0 Å². The Bertz CT molecular complexity index is 581. The Morgan fingerprint density at radius 2 is 1.60 bits per heavy atom. The second kappa shape index (κ2) is 5.39. The van der Waals surface area contributed by atoms with Gasteiger partial charge in [-0.3, -0.25) is 0 Å². The van der Waals surface area contributed by atoms with Crippen molar-refractivity contribution in [3.8, 4) is 11.1 Å². The fourth-order valence-corrected chi connectivity index (χ4v) is 2.85. The molecule has 1 fully saturated rings. The molecule has 2 nitrogen and oxygen atoms in total. The molecule has 0 spiro atoms. The van der Waals surface area contributed by atoms with Crippen LogP contribution in [0.2, 0.25) is 0 Å². The van der Waals surface area contributed by atoms with Crippen LogP contribution < -0.4 is 0 Å². The van der Waals surface area contributed by atoms with E-state index in [1.54, 1.807) is 0 Å². The number of benzene rings is 2. The van der Waals surface area contributed by atoms with Crippen molar-refractivity contribution in [2.24, 2.45) is 0 Å². The van der Waals surface area contributed by atoms with E-state index in [9.17, 15) is 5.11 Å². The van der Waals surface area contributed by atoms with E-state index >= 15 is 0 Å². The van der Waals surface area contributed by atoms with Gasteiger partial charge in [0.25, 0.3) is 0 Å². The molecule has 1 N–H and O–H groups in total. The first-order chi connectivity index (χ1) is 9.69. The third-order valence-electron chi connectivity index (χ3n) is 4.11. The monoisotopic (exact) mass is 268 g/mol. The van der Waals surface area contributed by atoms with E-state index in [0.29, 0.717) is 26.1 Å². The summed E-state index contributed by atoms with van der Waals surface area (Å²) in [5.74, 6) is 0. The summed E-state index contributed by atoms with van der Waals surface area (Å²) < 4.78 is 5.39. The largest absolute Gasteiger partial charge is 0.385 e. The second-order valence-corrected chi connectivity index (χ2v) is 5.56. The van der Waals surface area contributed by atoms with Gasteiger partial charge < -0.3 is 9.84 Å². The van der Waals surface area contributed by atoms with Gasteiger partial charge in [-0.2, -0.15) is 0 Å². The standard InChI is InChI=1S/C18H20O2/c1-14-6-8-15(9-7-14)16-4-2-3-5-17(16)18(19)10-12-20-13-11-18/h2-9,19H,10-13H2,1H3. The Hall–Kier alpha value is -1.64. The number of aryl methyl sites for hydroxylation is 1.